The van der Waals surface area contributed by atoms with Crippen molar-refractivity contribution in [3.05, 3.63) is 231 Å². The van der Waals surface area contributed by atoms with Gasteiger partial charge in [-0.25, -0.2) is 0 Å². The van der Waals surface area contributed by atoms with Crippen molar-refractivity contribution in [3.8, 4) is 39.1 Å². The molecule has 2 heterocycles. The Balaban J connectivity index is 1.12. The second-order valence-electron chi connectivity index (χ2n) is 15.6. The minimum atomic E-state index is 0.844. The van der Waals surface area contributed by atoms with Gasteiger partial charge in [0, 0.05) is 33.1 Å². The molecule has 0 N–H and O–H groups in total. The molecule has 0 saturated heterocycles. The Hall–Kier alpha value is -8.14. The highest BCUT2D eigenvalue weighted by molar-refractivity contribution is 6.27. The van der Waals surface area contributed by atoms with E-state index in [0.717, 1.165) is 66.8 Å². The molecular formula is C58H38N2O. The van der Waals surface area contributed by atoms with Crippen LogP contribution >= 0.6 is 0 Å². The van der Waals surface area contributed by atoms with Gasteiger partial charge in [0.2, 0.25) is 0 Å². The lowest BCUT2D eigenvalue weighted by Gasteiger charge is -2.28. The molecule has 3 nitrogen and oxygen atoms in total. The molecule has 0 bridgehead atoms. The van der Waals surface area contributed by atoms with Gasteiger partial charge in [-0.2, -0.15) is 0 Å². The number of nitrogens with zero attached hydrogens (tertiary/aromatic N) is 2. The third-order valence-corrected chi connectivity index (χ3v) is 12.2. The van der Waals surface area contributed by atoms with Gasteiger partial charge >= 0.3 is 0 Å². The first kappa shape index (κ1) is 34.9. The van der Waals surface area contributed by atoms with Crippen molar-refractivity contribution < 1.29 is 4.42 Å². The standard InChI is InChI=1S/C58H38N2O/c1-4-18-39(19-5-1)40-34-36-43(37-35-40)60(50-29-14-12-24-44(50)41-20-6-2-7-21-41)53-32-17-33-54-58(53)57-46-26-11-10-25-45(46)49(38-55(57)61-54)47-28-16-31-52-56(47)48-27-13-15-30-51(48)59(52)42-22-8-3-9-23-42/h1-38H. The molecule has 0 aliphatic carbocycles. The zero-order valence-corrected chi connectivity index (χ0v) is 33.2. The third kappa shape index (κ3) is 5.66. The predicted molar refractivity (Wildman–Crippen MR) is 257 cm³/mol. The van der Waals surface area contributed by atoms with Gasteiger partial charge < -0.3 is 13.9 Å². The summed E-state index contributed by atoms with van der Waals surface area (Å²) in [5, 5.41) is 6.96. The van der Waals surface area contributed by atoms with Gasteiger partial charge in [0.1, 0.15) is 11.2 Å². The second-order valence-corrected chi connectivity index (χ2v) is 15.6. The van der Waals surface area contributed by atoms with Gasteiger partial charge in [-0.3, -0.25) is 0 Å². The van der Waals surface area contributed by atoms with E-state index < -0.39 is 0 Å². The van der Waals surface area contributed by atoms with Crippen molar-refractivity contribution in [2.75, 3.05) is 4.90 Å². The maximum Gasteiger partial charge on any atom is 0.137 e. The Kier molecular flexibility index (Phi) is 8.17. The summed E-state index contributed by atoms with van der Waals surface area (Å²) in [6.45, 7) is 0. The van der Waals surface area contributed by atoms with E-state index in [1.54, 1.807) is 0 Å². The van der Waals surface area contributed by atoms with Crippen LogP contribution in [0.1, 0.15) is 0 Å². The maximum atomic E-state index is 7.02. The summed E-state index contributed by atoms with van der Waals surface area (Å²) in [5.41, 5.74) is 15.4. The van der Waals surface area contributed by atoms with E-state index in [-0.39, 0.29) is 0 Å². The summed E-state index contributed by atoms with van der Waals surface area (Å²) in [6, 6.07) is 82.6. The van der Waals surface area contributed by atoms with Gasteiger partial charge in [0.05, 0.1) is 27.8 Å². The van der Waals surface area contributed by atoms with E-state index in [9.17, 15) is 0 Å². The number of aromatic nitrogens is 1. The first-order chi connectivity index (χ1) is 30.3. The number of furan rings is 1. The SMILES string of the molecule is c1ccc(-c2ccc(N(c3ccccc3-c3ccccc3)c3cccc4oc5cc(-c6cccc7c6c6ccccc6n7-c6ccccc6)c6ccccc6c5c34)cc2)cc1. The Morgan fingerprint density at radius 2 is 0.902 bits per heavy atom. The highest BCUT2D eigenvalue weighted by atomic mass is 16.3. The number of rotatable bonds is 7. The molecule has 0 amide bonds. The molecule has 10 aromatic carbocycles. The third-order valence-electron chi connectivity index (χ3n) is 12.2. The van der Waals surface area contributed by atoms with E-state index in [0.29, 0.717) is 0 Å². The number of benzene rings is 10. The molecule has 0 saturated carbocycles. The predicted octanol–water partition coefficient (Wildman–Crippen LogP) is 16.3. The topological polar surface area (TPSA) is 21.3 Å². The van der Waals surface area contributed by atoms with E-state index in [1.165, 1.54) is 43.9 Å². The largest absolute Gasteiger partial charge is 0.456 e. The molecule has 0 spiro atoms. The van der Waals surface area contributed by atoms with Crippen LogP contribution in [-0.2, 0) is 0 Å². The molecule has 0 atom stereocenters. The van der Waals surface area contributed by atoms with E-state index in [4.69, 9.17) is 4.42 Å². The van der Waals surface area contributed by atoms with Crippen LogP contribution in [-0.4, -0.2) is 4.57 Å². The van der Waals surface area contributed by atoms with Crippen LogP contribution in [0.4, 0.5) is 17.1 Å². The normalized spacial score (nSPS) is 11.6. The van der Waals surface area contributed by atoms with Crippen LogP contribution in [0.3, 0.4) is 0 Å². The average molecular weight is 779 g/mol. The maximum absolute atomic E-state index is 7.02. The van der Waals surface area contributed by atoms with Crippen molar-refractivity contribution in [1.82, 2.24) is 4.57 Å². The number of fused-ring (bicyclic) bond motifs is 8. The summed E-state index contributed by atoms with van der Waals surface area (Å²) in [4.78, 5) is 2.41. The van der Waals surface area contributed by atoms with Crippen LogP contribution < -0.4 is 4.90 Å². The molecule has 0 unspecified atom stereocenters. The Labute approximate surface area is 353 Å². The van der Waals surface area contributed by atoms with Crippen LogP contribution in [0, 0.1) is 0 Å². The van der Waals surface area contributed by atoms with Gasteiger partial charge in [-0.15, -0.1) is 0 Å². The number of para-hydroxylation sites is 3. The van der Waals surface area contributed by atoms with Crippen molar-refractivity contribution >= 4 is 71.6 Å². The van der Waals surface area contributed by atoms with Crippen molar-refractivity contribution in [2.45, 2.75) is 0 Å². The van der Waals surface area contributed by atoms with Crippen molar-refractivity contribution in [2.24, 2.45) is 0 Å². The molecule has 12 aromatic rings. The summed E-state index contributed by atoms with van der Waals surface area (Å²) < 4.78 is 9.40. The van der Waals surface area contributed by atoms with Crippen LogP contribution in [0.5, 0.6) is 0 Å². The summed E-state index contributed by atoms with van der Waals surface area (Å²) >= 11 is 0. The zero-order chi connectivity index (χ0) is 40.3. The Bertz CT molecular complexity index is 3570. The summed E-state index contributed by atoms with van der Waals surface area (Å²) in [7, 11) is 0. The monoisotopic (exact) mass is 778 g/mol. The first-order valence-corrected chi connectivity index (χ1v) is 20.9. The van der Waals surface area contributed by atoms with E-state index in [1.807, 2.05) is 0 Å². The molecule has 0 aliphatic rings. The molecule has 0 radical (unpaired) electrons. The lowest BCUT2D eigenvalue weighted by molar-refractivity contribution is 0.669. The first-order valence-electron chi connectivity index (χ1n) is 20.9. The molecule has 0 aliphatic heterocycles. The fourth-order valence-electron chi connectivity index (χ4n) is 9.54. The van der Waals surface area contributed by atoms with Crippen LogP contribution in [0.2, 0.25) is 0 Å². The number of hydrogen-bond donors (Lipinski definition) is 0. The average Bonchev–Trinajstić information content (AvgIpc) is 3.89. The van der Waals surface area contributed by atoms with Gasteiger partial charge in [-0.05, 0) is 99.3 Å². The fraction of sp³-hybridized carbons (Fsp3) is 0. The summed E-state index contributed by atoms with van der Waals surface area (Å²) in [5.74, 6) is 0. The van der Waals surface area contributed by atoms with E-state index >= 15 is 0 Å². The lowest BCUT2D eigenvalue weighted by atomic mass is 9.92. The lowest BCUT2D eigenvalue weighted by Crippen LogP contribution is -2.11. The molecule has 0 fully saturated rings. The molecular weight excluding hydrogens is 741 g/mol. The Morgan fingerprint density at radius 3 is 1.69 bits per heavy atom. The number of anilines is 3. The molecule has 2 aromatic heterocycles. The van der Waals surface area contributed by atoms with Crippen LogP contribution in [0.15, 0.2) is 235 Å². The second kappa shape index (κ2) is 14.3. The summed E-state index contributed by atoms with van der Waals surface area (Å²) in [6.07, 6.45) is 0. The molecule has 12 rings (SSSR count). The minimum absolute atomic E-state index is 0.844. The minimum Gasteiger partial charge on any atom is -0.456 e. The van der Waals surface area contributed by atoms with Gasteiger partial charge in [0.25, 0.3) is 0 Å². The highest BCUT2D eigenvalue weighted by Gasteiger charge is 2.25. The van der Waals surface area contributed by atoms with Crippen LogP contribution in [0.25, 0.3) is 93.6 Å². The molecule has 61 heavy (non-hydrogen) atoms. The van der Waals surface area contributed by atoms with Crippen molar-refractivity contribution in [3.63, 3.8) is 0 Å². The zero-order valence-electron chi connectivity index (χ0n) is 33.2. The molecule has 3 heteroatoms. The van der Waals surface area contributed by atoms with E-state index in [2.05, 4.69) is 240 Å². The van der Waals surface area contributed by atoms with Crippen molar-refractivity contribution in [1.29, 1.82) is 0 Å². The Morgan fingerprint density at radius 1 is 0.328 bits per heavy atom. The van der Waals surface area contributed by atoms with Gasteiger partial charge in [-0.1, -0.05) is 170 Å². The molecule has 286 valence electrons. The smallest absolute Gasteiger partial charge is 0.137 e. The van der Waals surface area contributed by atoms with Gasteiger partial charge in [0.15, 0.2) is 0 Å². The fourth-order valence-corrected chi connectivity index (χ4v) is 9.54. The number of hydrogen-bond acceptors (Lipinski definition) is 2. The highest BCUT2D eigenvalue weighted by Crippen LogP contribution is 2.49. The quantitative estimate of drug-likeness (QED) is 0.161.